The van der Waals surface area contributed by atoms with E-state index in [1.165, 1.54) is 12.4 Å². The Morgan fingerprint density at radius 1 is 1.41 bits per heavy atom. The van der Waals surface area contributed by atoms with Crippen molar-refractivity contribution in [1.29, 1.82) is 0 Å². The maximum atomic E-state index is 12.8. The number of nitrogens with zero attached hydrogens (tertiary/aromatic N) is 1. The molecular formula is C12H17F3N2. The predicted molar refractivity (Wildman–Crippen MR) is 60.8 cm³/mol. The van der Waals surface area contributed by atoms with Gasteiger partial charge in [-0.1, -0.05) is 13.8 Å². The van der Waals surface area contributed by atoms with Crippen LogP contribution in [0.4, 0.5) is 13.2 Å². The van der Waals surface area contributed by atoms with Crippen LogP contribution in [0.2, 0.25) is 0 Å². The molecule has 1 aromatic heterocycles. The average Bonchev–Trinajstić information content (AvgIpc) is 2.28. The summed E-state index contributed by atoms with van der Waals surface area (Å²) in [6.07, 6.45) is -1.13. The summed E-state index contributed by atoms with van der Waals surface area (Å²) >= 11 is 0. The molecule has 1 unspecified atom stereocenters. The normalized spacial score (nSPS) is 13.7. The standard InChI is InChI=1S/C12H17F3N2/c1-3-16-6-4-9(2)10-8-17-7-5-11(10)12(13,14)15/h5,7-9,16H,3-4,6H2,1-2H3. The highest BCUT2D eigenvalue weighted by atomic mass is 19.4. The van der Waals surface area contributed by atoms with Gasteiger partial charge in [0.05, 0.1) is 5.56 Å². The van der Waals surface area contributed by atoms with Crippen molar-refractivity contribution in [3.63, 3.8) is 0 Å². The zero-order chi connectivity index (χ0) is 12.9. The Balaban J connectivity index is 2.82. The van der Waals surface area contributed by atoms with Crippen LogP contribution in [0, 0.1) is 0 Å². The summed E-state index contributed by atoms with van der Waals surface area (Å²) in [5, 5.41) is 3.11. The first kappa shape index (κ1) is 14.0. The maximum Gasteiger partial charge on any atom is 0.416 e. The second-order valence-corrected chi connectivity index (χ2v) is 4.00. The highest BCUT2D eigenvalue weighted by Crippen LogP contribution is 2.35. The van der Waals surface area contributed by atoms with Gasteiger partial charge >= 0.3 is 6.18 Å². The Kier molecular flexibility index (Phi) is 4.93. The topological polar surface area (TPSA) is 24.9 Å². The Hall–Kier alpha value is -1.10. The quantitative estimate of drug-likeness (QED) is 0.807. The van der Waals surface area contributed by atoms with E-state index in [9.17, 15) is 13.2 Å². The lowest BCUT2D eigenvalue weighted by Gasteiger charge is -2.17. The van der Waals surface area contributed by atoms with Crippen molar-refractivity contribution in [2.75, 3.05) is 13.1 Å². The number of halogens is 3. The van der Waals surface area contributed by atoms with Crippen molar-refractivity contribution in [3.8, 4) is 0 Å². The third-order valence-electron chi connectivity index (χ3n) is 2.69. The molecule has 1 N–H and O–H groups in total. The molecule has 0 aliphatic heterocycles. The summed E-state index contributed by atoms with van der Waals surface area (Å²) in [5.74, 6) is -0.153. The van der Waals surface area contributed by atoms with Crippen LogP contribution in [-0.2, 0) is 6.18 Å². The highest BCUT2D eigenvalue weighted by molar-refractivity contribution is 5.29. The molecule has 2 nitrogen and oxygen atoms in total. The van der Waals surface area contributed by atoms with Crippen molar-refractivity contribution in [2.24, 2.45) is 0 Å². The zero-order valence-corrected chi connectivity index (χ0v) is 10.0. The first-order chi connectivity index (χ1) is 7.96. The number of nitrogens with one attached hydrogen (secondary N) is 1. The summed E-state index contributed by atoms with van der Waals surface area (Å²) in [6.45, 7) is 5.30. The molecule has 0 amide bonds. The Labute approximate surface area is 99.3 Å². The molecule has 1 rings (SSSR count). The Bertz CT molecular complexity index is 350. The number of hydrogen-bond donors (Lipinski definition) is 1. The van der Waals surface area contributed by atoms with Gasteiger partial charge < -0.3 is 5.32 Å². The fourth-order valence-corrected chi connectivity index (χ4v) is 1.71. The minimum atomic E-state index is -4.30. The molecule has 0 saturated heterocycles. The van der Waals surface area contributed by atoms with Gasteiger partial charge in [-0.3, -0.25) is 4.98 Å². The van der Waals surface area contributed by atoms with E-state index in [0.29, 0.717) is 13.0 Å². The van der Waals surface area contributed by atoms with Gasteiger partial charge in [0.25, 0.3) is 0 Å². The van der Waals surface area contributed by atoms with Crippen LogP contribution in [0.5, 0.6) is 0 Å². The molecule has 0 bridgehead atoms. The largest absolute Gasteiger partial charge is 0.416 e. The monoisotopic (exact) mass is 246 g/mol. The van der Waals surface area contributed by atoms with E-state index in [2.05, 4.69) is 10.3 Å². The van der Waals surface area contributed by atoms with Gasteiger partial charge in [-0.2, -0.15) is 13.2 Å². The van der Waals surface area contributed by atoms with E-state index >= 15 is 0 Å². The molecule has 1 aromatic rings. The fraction of sp³-hybridized carbons (Fsp3) is 0.583. The van der Waals surface area contributed by atoms with Crippen LogP contribution in [0.25, 0.3) is 0 Å². The first-order valence-electron chi connectivity index (χ1n) is 5.68. The van der Waals surface area contributed by atoms with Gasteiger partial charge in [-0.15, -0.1) is 0 Å². The third-order valence-corrected chi connectivity index (χ3v) is 2.69. The maximum absolute atomic E-state index is 12.8. The van der Waals surface area contributed by atoms with Gasteiger partial charge in [0.1, 0.15) is 0 Å². The van der Waals surface area contributed by atoms with E-state index < -0.39 is 11.7 Å². The lowest BCUT2D eigenvalue weighted by Crippen LogP contribution is -2.18. The number of alkyl halides is 3. The lowest BCUT2D eigenvalue weighted by atomic mass is 9.94. The van der Waals surface area contributed by atoms with Crippen molar-refractivity contribution in [3.05, 3.63) is 29.6 Å². The molecule has 5 heteroatoms. The first-order valence-corrected chi connectivity index (χ1v) is 5.68. The second-order valence-electron chi connectivity index (χ2n) is 4.00. The van der Waals surface area contributed by atoms with Gasteiger partial charge in [0, 0.05) is 12.4 Å². The second kappa shape index (κ2) is 6.00. The molecule has 96 valence electrons. The summed E-state index contributed by atoms with van der Waals surface area (Å²) in [4.78, 5) is 3.79. The van der Waals surface area contributed by atoms with E-state index in [-0.39, 0.29) is 11.5 Å². The molecule has 0 aliphatic carbocycles. The molecule has 0 saturated carbocycles. The fourth-order valence-electron chi connectivity index (χ4n) is 1.71. The zero-order valence-electron chi connectivity index (χ0n) is 10.0. The van der Waals surface area contributed by atoms with Crippen molar-refractivity contribution >= 4 is 0 Å². The van der Waals surface area contributed by atoms with Crippen LogP contribution in [0.1, 0.15) is 37.3 Å². The molecule has 0 radical (unpaired) electrons. The van der Waals surface area contributed by atoms with Crippen LogP contribution >= 0.6 is 0 Å². The van der Waals surface area contributed by atoms with Gasteiger partial charge in [-0.05, 0) is 37.1 Å². The van der Waals surface area contributed by atoms with Crippen LogP contribution < -0.4 is 5.32 Å². The minimum Gasteiger partial charge on any atom is -0.317 e. The summed E-state index contributed by atoms with van der Waals surface area (Å²) < 4.78 is 38.3. The van der Waals surface area contributed by atoms with Crippen LogP contribution in [-0.4, -0.2) is 18.1 Å². The molecule has 0 spiro atoms. The minimum absolute atomic E-state index is 0.153. The van der Waals surface area contributed by atoms with E-state index in [1.807, 2.05) is 6.92 Å². The molecule has 17 heavy (non-hydrogen) atoms. The van der Waals surface area contributed by atoms with Crippen molar-refractivity contribution in [1.82, 2.24) is 10.3 Å². The number of hydrogen-bond acceptors (Lipinski definition) is 2. The van der Waals surface area contributed by atoms with Crippen molar-refractivity contribution in [2.45, 2.75) is 32.4 Å². The van der Waals surface area contributed by atoms with E-state index in [4.69, 9.17) is 0 Å². The number of pyridine rings is 1. The summed E-state index contributed by atoms with van der Waals surface area (Å²) in [7, 11) is 0. The molecule has 1 heterocycles. The summed E-state index contributed by atoms with van der Waals surface area (Å²) in [6, 6.07) is 1.04. The Morgan fingerprint density at radius 3 is 2.71 bits per heavy atom. The lowest BCUT2D eigenvalue weighted by molar-refractivity contribution is -0.138. The van der Waals surface area contributed by atoms with Gasteiger partial charge in [0.15, 0.2) is 0 Å². The Morgan fingerprint density at radius 2 is 2.12 bits per heavy atom. The number of rotatable bonds is 5. The van der Waals surface area contributed by atoms with E-state index in [1.54, 1.807) is 6.92 Å². The van der Waals surface area contributed by atoms with Crippen molar-refractivity contribution < 1.29 is 13.2 Å². The predicted octanol–water partition coefficient (Wildman–Crippen LogP) is 3.20. The molecule has 0 aliphatic rings. The molecular weight excluding hydrogens is 229 g/mol. The summed E-state index contributed by atoms with van der Waals surface area (Å²) in [5.41, 5.74) is -0.297. The SMILES string of the molecule is CCNCCC(C)c1cnccc1C(F)(F)F. The van der Waals surface area contributed by atoms with E-state index in [0.717, 1.165) is 12.6 Å². The molecule has 0 aromatic carbocycles. The highest BCUT2D eigenvalue weighted by Gasteiger charge is 2.34. The van der Waals surface area contributed by atoms with Gasteiger partial charge in [-0.25, -0.2) is 0 Å². The number of aromatic nitrogens is 1. The van der Waals surface area contributed by atoms with Gasteiger partial charge in [0.2, 0.25) is 0 Å². The third kappa shape index (κ3) is 4.00. The van der Waals surface area contributed by atoms with Crippen LogP contribution in [0.3, 0.4) is 0 Å². The molecule has 1 atom stereocenters. The average molecular weight is 246 g/mol. The molecule has 0 fully saturated rings. The smallest absolute Gasteiger partial charge is 0.317 e. The van der Waals surface area contributed by atoms with Crippen LogP contribution in [0.15, 0.2) is 18.5 Å².